The monoisotopic (exact) mass is 311 g/mol. The predicted octanol–water partition coefficient (Wildman–Crippen LogP) is 2.42. The fourth-order valence-corrected chi connectivity index (χ4v) is 3.50. The van der Waals surface area contributed by atoms with Crippen LogP contribution in [-0.4, -0.2) is 28.6 Å². The number of imide groups is 1. The van der Waals surface area contributed by atoms with Crippen molar-refractivity contribution < 1.29 is 19.2 Å². The molecule has 0 aromatic heterocycles. The maximum absolute atomic E-state index is 11.5. The minimum Gasteiger partial charge on any atom is -0.330 e. The molecular weight excluding hydrogens is 298 g/mol. The highest BCUT2D eigenvalue weighted by Gasteiger charge is 2.32. The molecule has 1 aromatic carbocycles. The number of rotatable bonds is 6. The van der Waals surface area contributed by atoms with Gasteiger partial charge in [-0.2, -0.15) is 0 Å². The highest BCUT2D eigenvalue weighted by molar-refractivity contribution is 8.76. The van der Waals surface area contributed by atoms with E-state index in [2.05, 4.69) is 0 Å². The van der Waals surface area contributed by atoms with E-state index in [-0.39, 0.29) is 19.3 Å². The van der Waals surface area contributed by atoms with Crippen LogP contribution in [-0.2, 0) is 19.2 Å². The second kappa shape index (κ2) is 7.35. The molecule has 0 atom stereocenters. The minimum absolute atomic E-state index is 0.116. The molecule has 1 heterocycles. The van der Waals surface area contributed by atoms with E-state index in [1.807, 2.05) is 30.3 Å². The Kier molecular flexibility index (Phi) is 5.49. The molecule has 1 aliphatic heterocycles. The van der Waals surface area contributed by atoms with Gasteiger partial charge in [-0.05, 0) is 12.1 Å². The van der Waals surface area contributed by atoms with Gasteiger partial charge < -0.3 is 4.84 Å². The first-order valence-corrected chi connectivity index (χ1v) is 8.40. The largest absolute Gasteiger partial charge is 0.334 e. The number of nitrogens with zero attached hydrogens (tertiary/aromatic N) is 1. The van der Waals surface area contributed by atoms with E-state index < -0.39 is 17.8 Å². The Labute approximate surface area is 124 Å². The van der Waals surface area contributed by atoms with Crippen LogP contribution in [0.5, 0.6) is 0 Å². The fraction of sp³-hybridized carbons (Fsp3) is 0.308. The van der Waals surface area contributed by atoms with E-state index in [9.17, 15) is 14.4 Å². The van der Waals surface area contributed by atoms with Gasteiger partial charge >= 0.3 is 5.97 Å². The smallest absolute Gasteiger partial charge is 0.330 e. The zero-order chi connectivity index (χ0) is 14.4. The average molecular weight is 311 g/mol. The number of hydrogen-bond donors (Lipinski definition) is 0. The quantitative estimate of drug-likeness (QED) is 0.457. The molecule has 0 aliphatic carbocycles. The van der Waals surface area contributed by atoms with Crippen LogP contribution in [0.25, 0.3) is 0 Å². The summed E-state index contributed by atoms with van der Waals surface area (Å²) in [7, 11) is 3.09. The molecule has 2 amide bonds. The van der Waals surface area contributed by atoms with Crippen molar-refractivity contribution in [3.63, 3.8) is 0 Å². The second-order valence-electron chi connectivity index (χ2n) is 4.01. The third-order valence-electron chi connectivity index (χ3n) is 2.49. The van der Waals surface area contributed by atoms with Gasteiger partial charge in [0.25, 0.3) is 11.8 Å². The first-order chi connectivity index (χ1) is 9.66. The van der Waals surface area contributed by atoms with E-state index in [1.165, 1.54) is 10.8 Å². The molecule has 0 unspecified atom stereocenters. The average Bonchev–Trinajstić information content (AvgIpc) is 2.77. The van der Waals surface area contributed by atoms with Crippen LogP contribution in [0.3, 0.4) is 0 Å². The summed E-state index contributed by atoms with van der Waals surface area (Å²) in [4.78, 5) is 39.9. The van der Waals surface area contributed by atoms with E-state index in [1.54, 1.807) is 10.8 Å². The Bertz CT molecular complexity index is 490. The molecule has 0 bridgehead atoms. The van der Waals surface area contributed by atoms with Crippen LogP contribution >= 0.6 is 21.6 Å². The summed E-state index contributed by atoms with van der Waals surface area (Å²) in [5, 5.41) is 0.581. The van der Waals surface area contributed by atoms with E-state index in [0.717, 1.165) is 4.90 Å². The molecule has 5 nitrogen and oxygen atoms in total. The van der Waals surface area contributed by atoms with Crippen LogP contribution < -0.4 is 0 Å². The summed E-state index contributed by atoms with van der Waals surface area (Å²) < 4.78 is 0. The Morgan fingerprint density at radius 1 is 1.15 bits per heavy atom. The maximum Gasteiger partial charge on any atom is 0.334 e. The van der Waals surface area contributed by atoms with Crippen LogP contribution in [0, 0.1) is 0 Å². The molecule has 1 aliphatic rings. The fourth-order valence-electron chi connectivity index (χ4n) is 1.52. The highest BCUT2D eigenvalue weighted by atomic mass is 33.1. The van der Waals surface area contributed by atoms with Crippen molar-refractivity contribution in [2.24, 2.45) is 0 Å². The number of hydrogen-bond acceptors (Lipinski definition) is 6. The Balaban J connectivity index is 1.65. The van der Waals surface area contributed by atoms with Gasteiger partial charge in [0.2, 0.25) is 0 Å². The molecule has 0 saturated carbocycles. The summed E-state index contributed by atoms with van der Waals surface area (Å²) >= 11 is 0. The standard InChI is InChI=1S/C13H13NO4S2/c15-11-6-7-12(16)14(11)18-13(17)8-9-19-20-10-4-2-1-3-5-10/h1-5H,6-9H2. The summed E-state index contributed by atoms with van der Waals surface area (Å²) in [5.41, 5.74) is 0. The van der Waals surface area contributed by atoms with E-state index in [0.29, 0.717) is 10.8 Å². The predicted molar refractivity (Wildman–Crippen MR) is 76.6 cm³/mol. The van der Waals surface area contributed by atoms with Crippen LogP contribution in [0.2, 0.25) is 0 Å². The van der Waals surface area contributed by atoms with Crippen LogP contribution in [0.1, 0.15) is 19.3 Å². The molecule has 0 radical (unpaired) electrons. The van der Waals surface area contributed by atoms with Crippen molar-refractivity contribution in [3.05, 3.63) is 30.3 Å². The van der Waals surface area contributed by atoms with Gasteiger partial charge in [0.15, 0.2) is 0 Å². The van der Waals surface area contributed by atoms with Gasteiger partial charge in [-0.3, -0.25) is 9.59 Å². The number of carbonyl (C=O) groups excluding carboxylic acids is 3. The van der Waals surface area contributed by atoms with Crippen molar-refractivity contribution in [1.29, 1.82) is 0 Å². The Hall–Kier alpha value is -1.47. The molecule has 1 fully saturated rings. The second-order valence-corrected chi connectivity index (χ2v) is 6.50. The third-order valence-corrected chi connectivity index (χ3v) is 4.87. The highest BCUT2D eigenvalue weighted by Crippen LogP contribution is 2.31. The lowest BCUT2D eigenvalue weighted by Crippen LogP contribution is -2.32. The Morgan fingerprint density at radius 2 is 1.80 bits per heavy atom. The number of amides is 2. The lowest BCUT2D eigenvalue weighted by molar-refractivity contribution is -0.197. The summed E-state index contributed by atoms with van der Waals surface area (Å²) in [6.07, 6.45) is 0.386. The summed E-state index contributed by atoms with van der Waals surface area (Å²) in [5.74, 6) is -0.909. The summed E-state index contributed by atoms with van der Waals surface area (Å²) in [6.45, 7) is 0. The first-order valence-electron chi connectivity index (χ1n) is 6.08. The molecule has 7 heteroatoms. The van der Waals surface area contributed by atoms with Crippen LogP contribution in [0.4, 0.5) is 0 Å². The van der Waals surface area contributed by atoms with Gasteiger partial charge in [0, 0.05) is 23.5 Å². The molecule has 1 saturated heterocycles. The molecule has 0 spiro atoms. The van der Waals surface area contributed by atoms with Gasteiger partial charge in [-0.15, -0.1) is 5.06 Å². The molecule has 106 valence electrons. The molecular formula is C13H13NO4S2. The van der Waals surface area contributed by atoms with Gasteiger partial charge in [-0.25, -0.2) is 4.79 Å². The zero-order valence-electron chi connectivity index (χ0n) is 10.6. The normalized spacial score (nSPS) is 14.7. The van der Waals surface area contributed by atoms with Crippen molar-refractivity contribution in [3.8, 4) is 0 Å². The molecule has 0 N–H and O–H groups in total. The number of benzene rings is 1. The minimum atomic E-state index is -0.560. The van der Waals surface area contributed by atoms with Crippen LogP contribution in [0.15, 0.2) is 35.2 Å². The molecule has 2 rings (SSSR count). The van der Waals surface area contributed by atoms with Crippen molar-refractivity contribution in [2.45, 2.75) is 24.2 Å². The first kappa shape index (κ1) is 14.9. The van der Waals surface area contributed by atoms with E-state index >= 15 is 0 Å². The number of hydroxylamine groups is 2. The Morgan fingerprint density at radius 3 is 2.45 bits per heavy atom. The SMILES string of the molecule is O=C(CCSSc1ccccc1)ON1C(=O)CCC1=O. The van der Waals surface area contributed by atoms with Gasteiger partial charge in [0.05, 0.1) is 6.42 Å². The lowest BCUT2D eigenvalue weighted by Gasteiger charge is -2.12. The topological polar surface area (TPSA) is 63.7 Å². The maximum atomic E-state index is 11.5. The van der Waals surface area contributed by atoms with Crippen molar-refractivity contribution >= 4 is 39.4 Å². The van der Waals surface area contributed by atoms with Crippen molar-refractivity contribution in [1.82, 2.24) is 5.06 Å². The lowest BCUT2D eigenvalue weighted by atomic mass is 10.4. The molecule has 20 heavy (non-hydrogen) atoms. The number of carbonyl (C=O) groups is 3. The molecule has 1 aromatic rings. The van der Waals surface area contributed by atoms with Gasteiger partial charge in [-0.1, -0.05) is 39.8 Å². The van der Waals surface area contributed by atoms with Crippen molar-refractivity contribution in [2.75, 3.05) is 5.75 Å². The summed E-state index contributed by atoms with van der Waals surface area (Å²) in [6, 6.07) is 9.80. The third kappa shape index (κ3) is 4.28. The zero-order valence-corrected chi connectivity index (χ0v) is 12.2. The van der Waals surface area contributed by atoms with E-state index in [4.69, 9.17) is 4.84 Å². The van der Waals surface area contributed by atoms with Gasteiger partial charge in [0.1, 0.15) is 0 Å².